The van der Waals surface area contributed by atoms with E-state index in [1.54, 1.807) is 12.1 Å². The number of halogens is 2. The second-order valence-electron chi connectivity index (χ2n) is 5.74. The van der Waals surface area contributed by atoms with Gasteiger partial charge in [-0.15, -0.1) is 10.2 Å². The third-order valence-electron chi connectivity index (χ3n) is 2.85. The molecule has 0 unspecified atom stereocenters. The zero-order chi connectivity index (χ0) is 16.3. The van der Waals surface area contributed by atoms with Crippen molar-refractivity contribution in [1.29, 1.82) is 0 Å². The maximum Gasteiger partial charge on any atom is 0.387 e. The first-order valence-corrected chi connectivity index (χ1v) is 7.63. The predicted molar refractivity (Wildman–Crippen MR) is 81.5 cm³/mol. The molecular weight excluding hydrogens is 310 g/mol. The molecule has 0 atom stereocenters. The molecule has 8 heteroatoms. The number of hydrogen-bond acceptors (Lipinski definition) is 5. The van der Waals surface area contributed by atoms with Crippen LogP contribution in [0.5, 0.6) is 5.75 Å². The van der Waals surface area contributed by atoms with Gasteiger partial charge in [0.1, 0.15) is 5.75 Å². The van der Waals surface area contributed by atoms with Gasteiger partial charge in [-0.3, -0.25) is 0 Å². The summed E-state index contributed by atoms with van der Waals surface area (Å²) in [7, 11) is 0. The highest BCUT2D eigenvalue weighted by atomic mass is 32.2. The Labute approximate surface area is 131 Å². The number of aromatic nitrogens is 3. The second kappa shape index (κ2) is 6.51. The maximum absolute atomic E-state index is 12.1. The molecule has 0 fully saturated rings. The van der Waals surface area contributed by atoms with Crippen molar-refractivity contribution in [2.45, 2.75) is 43.7 Å². The van der Waals surface area contributed by atoms with Crippen molar-refractivity contribution in [3.8, 4) is 5.75 Å². The molecule has 1 aromatic carbocycles. The lowest BCUT2D eigenvalue weighted by atomic mass is 9.96. The molecule has 2 aromatic rings. The van der Waals surface area contributed by atoms with E-state index in [1.807, 2.05) is 20.8 Å². The van der Waals surface area contributed by atoms with Gasteiger partial charge in [0.15, 0.2) is 5.82 Å². The van der Waals surface area contributed by atoms with E-state index in [0.717, 1.165) is 5.56 Å². The molecular formula is C14H18F2N4OS. The quantitative estimate of drug-likeness (QED) is 0.674. The highest BCUT2D eigenvalue weighted by Crippen LogP contribution is 2.26. The van der Waals surface area contributed by atoms with Gasteiger partial charge < -0.3 is 10.6 Å². The Morgan fingerprint density at radius 3 is 2.36 bits per heavy atom. The fourth-order valence-electron chi connectivity index (χ4n) is 1.80. The van der Waals surface area contributed by atoms with Crippen molar-refractivity contribution in [2.24, 2.45) is 0 Å². The molecule has 0 saturated heterocycles. The first-order valence-electron chi connectivity index (χ1n) is 6.65. The van der Waals surface area contributed by atoms with Gasteiger partial charge in [-0.05, 0) is 17.7 Å². The average molecular weight is 328 g/mol. The minimum absolute atomic E-state index is 0.140. The molecule has 0 bridgehead atoms. The van der Waals surface area contributed by atoms with Crippen molar-refractivity contribution < 1.29 is 13.5 Å². The van der Waals surface area contributed by atoms with E-state index in [2.05, 4.69) is 14.9 Å². The van der Waals surface area contributed by atoms with Crippen LogP contribution in [0.4, 0.5) is 8.78 Å². The lowest BCUT2D eigenvalue weighted by Gasteiger charge is -2.16. The monoisotopic (exact) mass is 328 g/mol. The Hall–Kier alpha value is -1.83. The summed E-state index contributed by atoms with van der Waals surface area (Å²) in [6.45, 7) is 3.22. The summed E-state index contributed by atoms with van der Waals surface area (Å²) >= 11 is 1.43. The van der Waals surface area contributed by atoms with E-state index in [9.17, 15) is 8.78 Å². The molecule has 0 aliphatic rings. The van der Waals surface area contributed by atoms with Gasteiger partial charge in [0, 0.05) is 11.2 Å². The molecule has 120 valence electrons. The van der Waals surface area contributed by atoms with Crippen molar-refractivity contribution in [2.75, 3.05) is 5.84 Å². The number of rotatable bonds is 5. The Kier molecular flexibility index (Phi) is 4.90. The van der Waals surface area contributed by atoms with Crippen LogP contribution in [0.2, 0.25) is 0 Å². The van der Waals surface area contributed by atoms with Crippen LogP contribution in [-0.4, -0.2) is 21.5 Å². The number of alkyl halides is 2. The Morgan fingerprint density at radius 2 is 1.86 bits per heavy atom. The molecule has 1 aromatic heterocycles. The molecule has 22 heavy (non-hydrogen) atoms. The molecule has 0 amide bonds. The largest absolute Gasteiger partial charge is 0.435 e. The van der Waals surface area contributed by atoms with Gasteiger partial charge in [0.2, 0.25) is 5.16 Å². The Morgan fingerprint density at radius 1 is 1.23 bits per heavy atom. The van der Waals surface area contributed by atoms with E-state index in [1.165, 1.54) is 28.6 Å². The Bertz CT molecular complexity index is 623. The topological polar surface area (TPSA) is 66.0 Å². The molecule has 2 rings (SSSR count). The van der Waals surface area contributed by atoms with E-state index in [-0.39, 0.29) is 11.2 Å². The normalized spacial score (nSPS) is 11.9. The SMILES string of the molecule is CC(C)(C)c1nnc(SCc2ccc(OC(F)F)cc2)n1N. The number of ether oxygens (including phenoxy) is 1. The van der Waals surface area contributed by atoms with Crippen molar-refractivity contribution >= 4 is 11.8 Å². The van der Waals surface area contributed by atoms with Crippen molar-refractivity contribution in [3.63, 3.8) is 0 Å². The average Bonchev–Trinajstić information content (AvgIpc) is 2.78. The zero-order valence-electron chi connectivity index (χ0n) is 12.6. The molecule has 0 radical (unpaired) electrons. The van der Waals surface area contributed by atoms with Gasteiger partial charge in [0.05, 0.1) is 0 Å². The molecule has 0 spiro atoms. The summed E-state index contributed by atoms with van der Waals surface area (Å²) in [6.07, 6.45) is 0. The smallest absolute Gasteiger partial charge is 0.387 e. The first kappa shape index (κ1) is 16.5. The molecule has 2 N–H and O–H groups in total. The van der Waals surface area contributed by atoms with Crippen LogP contribution in [0, 0.1) is 0 Å². The van der Waals surface area contributed by atoms with E-state index >= 15 is 0 Å². The van der Waals surface area contributed by atoms with Crippen LogP contribution >= 0.6 is 11.8 Å². The highest BCUT2D eigenvalue weighted by Gasteiger charge is 2.22. The fourth-order valence-corrected chi connectivity index (χ4v) is 2.61. The highest BCUT2D eigenvalue weighted by molar-refractivity contribution is 7.98. The molecule has 5 nitrogen and oxygen atoms in total. The summed E-state index contributed by atoms with van der Waals surface area (Å²) in [5.41, 5.74) is 0.765. The number of nitrogen functional groups attached to an aromatic ring is 1. The van der Waals surface area contributed by atoms with Crippen LogP contribution in [0.3, 0.4) is 0 Å². The van der Waals surface area contributed by atoms with Gasteiger partial charge in [-0.2, -0.15) is 8.78 Å². The van der Waals surface area contributed by atoms with Gasteiger partial charge in [0.25, 0.3) is 0 Å². The minimum Gasteiger partial charge on any atom is -0.435 e. The number of benzene rings is 1. The van der Waals surface area contributed by atoms with E-state index in [4.69, 9.17) is 5.84 Å². The summed E-state index contributed by atoms with van der Waals surface area (Å²) in [5.74, 6) is 7.45. The summed E-state index contributed by atoms with van der Waals surface area (Å²) < 4.78 is 29.9. The van der Waals surface area contributed by atoms with Gasteiger partial charge in [-0.25, -0.2) is 4.68 Å². The fraction of sp³-hybridized carbons (Fsp3) is 0.429. The molecule has 0 saturated carbocycles. The third kappa shape index (κ3) is 4.09. The van der Waals surface area contributed by atoms with Crippen LogP contribution in [0.15, 0.2) is 29.4 Å². The van der Waals surface area contributed by atoms with Crippen LogP contribution < -0.4 is 10.6 Å². The number of nitrogens with zero attached hydrogens (tertiary/aromatic N) is 3. The van der Waals surface area contributed by atoms with E-state index in [0.29, 0.717) is 16.7 Å². The lowest BCUT2D eigenvalue weighted by Crippen LogP contribution is -2.24. The molecule has 0 aliphatic heterocycles. The van der Waals surface area contributed by atoms with Crippen molar-refractivity contribution in [1.82, 2.24) is 14.9 Å². The van der Waals surface area contributed by atoms with Crippen LogP contribution in [0.1, 0.15) is 32.2 Å². The van der Waals surface area contributed by atoms with Gasteiger partial charge >= 0.3 is 6.61 Å². The zero-order valence-corrected chi connectivity index (χ0v) is 13.4. The van der Waals surface area contributed by atoms with Crippen LogP contribution in [0.25, 0.3) is 0 Å². The second-order valence-corrected chi connectivity index (χ2v) is 6.68. The third-order valence-corrected chi connectivity index (χ3v) is 3.87. The summed E-state index contributed by atoms with van der Waals surface area (Å²) in [4.78, 5) is 0. The van der Waals surface area contributed by atoms with E-state index < -0.39 is 6.61 Å². The van der Waals surface area contributed by atoms with Crippen LogP contribution in [-0.2, 0) is 11.2 Å². The van der Waals surface area contributed by atoms with Gasteiger partial charge in [-0.1, -0.05) is 44.7 Å². The number of hydrogen-bond donors (Lipinski definition) is 1. The molecule has 1 heterocycles. The lowest BCUT2D eigenvalue weighted by molar-refractivity contribution is -0.0498. The molecule has 0 aliphatic carbocycles. The maximum atomic E-state index is 12.1. The summed E-state index contributed by atoms with van der Waals surface area (Å²) in [6, 6.07) is 6.48. The minimum atomic E-state index is -2.81. The Balaban J connectivity index is 2.00. The summed E-state index contributed by atoms with van der Waals surface area (Å²) in [5, 5.41) is 8.80. The predicted octanol–water partition coefficient (Wildman–Crippen LogP) is 3.18. The first-order chi connectivity index (χ1) is 10.3. The number of nitrogens with two attached hydrogens (primary N) is 1. The number of thioether (sulfide) groups is 1. The standard InChI is InChI=1S/C14H18F2N4OS/c1-14(2,3)11-18-19-13(20(11)17)22-8-9-4-6-10(7-5-9)21-12(15)16/h4-7,12H,8,17H2,1-3H3. The van der Waals surface area contributed by atoms with Crippen molar-refractivity contribution in [3.05, 3.63) is 35.7 Å².